The highest BCUT2D eigenvalue weighted by Gasteiger charge is 2.48. The molecular formula is C21H26N2O10S. The number of aromatic nitrogens is 1. The van der Waals surface area contributed by atoms with Gasteiger partial charge in [-0.25, -0.2) is 9.78 Å². The van der Waals surface area contributed by atoms with Crippen molar-refractivity contribution in [3.63, 3.8) is 0 Å². The Hall–Kier alpha value is -3.48. The monoisotopic (exact) mass is 498 g/mol. The normalized spacial score (nSPS) is 21.1. The number of thiazole rings is 1. The second-order valence-corrected chi connectivity index (χ2v) is 8.18. The van der Waals surface area contributed by atoms with Gasteiger partial charge in [-0.2, -0.15) is 0 Å². The summed E-state index contributed by atoms with van der Waals surface area (Å²) in [5, 5.41) is 4.98. The Morgan fingerprint density at radius 3 is 2.26 bits per heavy atom. The molecule has 0 saturated carbocycles. The van der Waals surface area contributed by atoms with Crippen molar-refractivity contribution in [2.24, 2.45) is 0 Å². The van der Waals surface area contributed by atoms with E-state index in [1.54, 1.807) is 11.6 Å². The van der Waals surface area contributed by atoms with E-state index in [0.717, 1.165) is 27.9 Å². The quantitative estimate of drug-likeness (QED) is 0.376. The summed E-state index contributed by atoms with van der Waals surface area (Å²) in [4.78, 5) is 64.0. The highest BCUT2D eigenvalue weighted by Crippen LogP contribution is 2.36. The van der Waals surface area contributed by atoms with Crippen LogP contribution in [0.1, 0.15) is 38.6 Å². The number of hydrogen-bond donors (Lipinski definition) is 1. The predicted molar refractivity (Wildman–Crippen MR) is 115 cm³/mol. The number of nitrogens with zero attached hydrogens (tertiary/aromatic N) is 1. The van der Waals surface area contributed by atoms with E-state index in [-0.39, 0.29) is 5.76 Å². The van der Waals surface area contributed by atoms with Gasteiger partial charge in [0.2, 0.25) is 11.7 Å². The van der Waals surface area contributed by atoms with Crippen LogP contribution < -0.4 is 5.32 Å². The van der Waals surface area contributed by atoms with E-state index in [9.17, 15) is 24.0 Å². The van der Waals surface area contributed by atoms with E-state index in [4.69, 9.17) is 23.7 Å². The number of nitrogens with one attached hydrogen (secondary N) is 1. The third-order valence-corrected chi connectivity index (χ3v) is 5.47. The Morgan fingerprint density at radius 1 is 1.09 bits per heavy atom. The van der Waals surface area contributed by atoms with E-state index < -0.39 is 66.7 Å². The van der Waals surface area contributed by atoms with Gasteiger partial charge in [0.1, 0.15) is 11.6 Å². The van der Waals surface area contributed by atoms with Crippen LogP contribution in [0.4, 0.5) is 0 Å². The number of carbonyl (C=O) groups excluding carboxylic acids is 5. The van der Waals surface area contributed by atoms with Gasteiger partial charge in [0.25, 0.3) is 0 Å². The standard InChI is InChI=1S/C21H26N2O10S/c1-10(24)23-17-14(20-22-6-7-34-20)8-15(21(28)29-5)33-19(17)18(32-13(4)27)16(31-12(3)26)9-30-11(2)25/h6-8,14,16-19H,9H2,1-5H3,(H,23,24)/t14-,16+,17+,18+,19+/m0/s1. The van der Waals surface area contributed by atoms with Gasteiger partial charge >= 0.3 is 23.9 Å². The van der Waals surface area contributed by atoms with Crippen LogP contribution in [-0.2, 0) is 47.7 Å². The first-order chi connectivity index (χ1) is 16.0. The number of esters is 4. The third-order valence-electron chi connectivity index (χ3n) is 4.59. The molecule has 1 aliphatic heterocycles. The summed E-state index contributed by atoms with van der Waals surface area (Å²) < 4.78 is 26.4. The molecule has 1 aliphatic rings. The van der Waals surface area contributed by atoms with Crippen molar-refractivity contribution in [2.45, 2.75) is 58.0 Å². The van der Waals surface area contributed by atoms with Gasteiger partial charge in [-0.3, -0.25) is 19.2 Å². The van der Waals surface area contributed by atoms with Gasteiger partial charge in [0.15, 0.2) is 18.3 Å². The van der Waals surface area contributed by atoms with E-state index in [1.165, 1.54) is 24.3 Å². The minimum atomic E-state index is -1.39. The van der Waals surface area contributed by atoms with Crippen molar-refractivity contribution in [3.8, 4) is 0 Å². The first-order valence-corrected chi connectivity index (χ1v) is 11.0. The van der Waals surface area contributed by atoms with Gasteiger partial charge in [0, 0.05) is 39.3 Å². The van der Waals surface area contributed by atoms with Crippen LogP contribution in [-0.4, -0.2) is 72.8 Å². The van der Waals surface area contributed by atoms with Gasteiger partial charge in [0.05, 0.1) is 19.1 Å². The molecule has 0 aromatic carbocycles. The maximum Gasteiger partial charge on any atom is 0.373 e. The summed E-state index contributed by atoms with van der Waals surface area (Å²) in [6.07, 6.45) is -0.985. The van der Waals surface area contributed by atoms with Crippen molar-refractivity contribution >= 4 is 41.1 Å². The molecule has 13 heteroatoms. The minimum absolute atomic E-state index is 0.222. The van der Waals surface area contributed by atoms with Crippen molar-refractivity contribution < 1.29 is 47.7 Å². The summed E-state index contributed by atoms with van der Waals surface area (Å²) in [5.41, 5.74) is 0. The van der Waals surface area contributed by atoms with Crippen molar-refractivity contribution in [3.05, 3.63) is 28.4 Å². The lowest BCUT2D eigenvalue weighted by Crippen LogP contribution is -2.59. The fourth-order valence-electron chi connectivity index (χ4n) is 3.40. The summed E-state index contributed by atoms with van der Waals surface area (Å²) in [6.45, 7) is 4.20. The highest BCUT2D eigenvalue weighted by atomic mass is 32.1. The number of methoxy groups -OCH3 is 1. The Balaban J connectivity index is 2.62. The first kappa shape index (κ1) is 26.8. The van der Waals surface area contributed by atoms with Crippen LogP contribution >= 0.6 is 11.3 Å². The van der Waals surface area contributed by atoms with Gasteiger partial charge in [-0.1, -0.05) is 0 Å². The lowest BCUT2D eigenvalue weighted by atomic mass is 9.87. The van der Waals surface area contributed by atoms with E-state index in [1.807, 2.05) is 0 Å². The number of amides is 1. The SMILES string of the molecule is COC(=O)C1=C[C@H](c2nccs2)[C@@H](NC(C)=O)[C@H]([C@H](OC(C)=O)[C@@H](COC(C)=O)OC(C)=O)O1. The van der Waals surface area contributed by atoms with Gasteiger partial charge < -0.3 is 29.0 Å². The zero-order valence-corrected chi connectivity index (χ0v) is 20.1. The zero-order valence-electron chi connectivity index (χ0n) is 19.3. The summed E-state index contributed by atoms with van der Waals surface area (Å²) in [5.74, 6) is -4.37. The third kappa shape index (κ3) is 7.27. The molecule has 0 bridgehead atoms. The molecule has 1 N–H and O–H groups in total. The molecule has 2 heterocycles. The number of ether oxygens (including phenoxy) is 5. The first-order valence-electron chi connectivity index (χ1n) is 10.1. The molecule has 1 amide bonds. The molecule has 5 atom stereocenters. The van der Waals surface area contributed by atoms with E-state index in [2.05, 4.69) is 10.3 Å². The van der Waals surface area contributed by atoms with Crippen molar-refractivity contribution in [2.75, 3.05) is 13.7 Å². The molecule has 1 aromatic rings. The highest BCUT2D eigenvalue weighted by molar-refractivity contribution is 7.09. The second kappa shape index (κ2) is 12.1. The summed E-state index contributed by atoms with van der Waals surface area (Å²) >= 11 is 1.27. The van der Waals surface area contributed by atoms with Crippen LogP contribution in [0, 0.1) is 0 Å². The van der Waals surface area contributed by atoms with Crippen LogP contribution in [0.2, 0.25) is 0 Å². The number of carbonyl (C=O) groups is 5. The topological polar surface area (TPSA) is 156 Å². The number of rotatable bonds is 9. The Morgan fingerprint density at radius 2 is 1.76 bits per heavy atom. The van der Waals surface area contributed by atoms with Crippen LogP contribution in [0.25, 0.3) is 0 Å². The molecular weight excluding hydrogens is 472 g/mol. The van der Waals surface area contributed by atoms with E-state index >= 15 is 0 Å². The van der Waals surface area contributed by atoms with Crippen LogP contribution in [0.3, 0.4) is 0 Å². The molecule has 12 nitrogen and oxygen atoms in total. The Bertz CT molecular complexity index is 945. The van der Waals surface area contributed by atoms with Gasteiger partial charge in [-0.05, 0) is 6.08 Å². The summed E-state index contributed by atoms with van der Waals surface area (Å²) in [6, 6.07) is -0.920. The predicted octanol–water partition coefficient (Wildman–Crippen LogP) is 0.614. The molecule has 0 radical (unpaired) electrons. The van der Waals surface area contributed by atoms with Crippen LogP contribution in [0.5, 0.6) is 0 Å². The number of hydrogen-bond acceptors (Lipinski definition) is 12. The average molecular weight is 499 g/mol. The largest absolute Gasteiger partial charge is 0.477 e. The smallest absolute Gasteiger partial charge is 0.373 e. The van der Waals surface area contributed by atoms with Crippen molar-refractivity contribution in [1.29, 1.82) is 0 Å². The molecule has 0 unspecified atom stereocenters. The summed E-state index contributed by atoms with van der Waals surface area (Å²) in [7, 11) is 1.16. The molecule has 0 saturated heterocycles. The average Bonchev–Trinajstić information content (AvgIpc) is 3.28. The lowest BCUT2D eigenvalue weighted by Gasteiger charge is -2.41. The molecule has 34 heavy (non-hydrogen) atoms. The van der Waals surface area contributed by atoms with Crippen molar-refractivity contribution in [1.82, 2.24) is 10.3 Å². The maximum absolute atomic E-state index is 12.4. The molecule has 0 aliphatic carbocycles. The van der Waals surface area contributed by atoms with Crippen LogP contribution in [0.15, 0.2) is 23.4 Å². The molecule has 1 aromatic heterocycles. The van der Waals surface area contributed by atoms with Gasteiger partial charge in [-0.15, -0.1) is 11.3 Å². The Kier molecular flexibility index (Phi) is 9.54. The van der Waals surface area contributed by atoms with E-state index in [0.29, 0.717) is 5.01 Å². The molecule has 2 rings (SSSR count). The molecule has 0 fully saturated rings. The minimum Gasteiger partial charge on any atom is -0.477 e. The molecule has 186 valence electrons. The fraction of sp³-hybridized carbons (Fsp3) is 0.524. The second-order valence-electron chi connectivity index (χ2n) is 7.25. The zero-order chi connectivity index (χ0) is 25.4. The fourth-order valence-corrected chi connectivity index (χ4v) is 4.16. The molecule has 0 spiro atoms. The maximum atomic E-state index is 12.4. The Labute approximate surface area is 199 Å². The lowest BCUT2D eigenvalue weighted by molar-refractivity contribution is -0.188.